The molecule has 37 heavy (non-hydrogen) atoms. The first kappa shape index (κ1) is 26.2. The fourth-order valence-electron chi connectivity index (χ4n) is 4.82. The topological polar surface area (TPSA) is 38.8 Å². The monoisotopic (exact) mass is 493 g/mol. The Hall–Kier alpha value is -3.89. The van der Waals surface area contributed by atoms with Crippen LogP contribution in [0.5, 0.6) is 5.75 Å². The number of rotatable bonds is 11. The molecular weight excluding hydrogens is 458 g/mol. The predicted molar refractivity (Wildman–Crippen MR) is 149 cm³/mol. The molecule has 4 heteroatoms. The van der Waals surface area contributed by atoms with Crippen molar-refractivity contribution in [2.75, 3.05) is 13.7 Å². The minimum absolute atomic E-state index is 0.0333. The van der Waals surface area contributed by atoms with E-state index in [1.165, 1.54) is 11.1 Å². The molecule has 0 saturated heterocycles. The molecule has 0 aromatic heterocycles. The van der Waals surface area contributed by atoms with Gasteiger partial charge in [0.1, 0.15) is 5.75 Å². The number of ether oxygens (including phenoxy) is 2. The number of benzene rings is 4. The zero-order valence-corrected chi connectivity index (χ0v) is 21.8. The first-order valence-electron chi connectivity index (χ1n) is 12.8. The van der Waals surface area contributed by atoms with Gasteiger partial charge in [-0.25, -0.2) is 0 Å². The highest BCUT2D eigenvalue weighted by atomic mass is 16.5. The third kappa shape index (κ3) is 6.66. The minimum atomic E-state index is -0.270. The van der Waals surface area contributed by atoms with Crippen LogP contribution in [0.15, 0.2) is 109 Å². The highest BCUT2D eigenvalue weighted by molar-refractivity contribution is 5.72. The Kier molecular flexibility index (Phi) is 9.12. The Labute approximate surface area is 220 Å². The van der Waals surface area contributed by atoms with E-state index in [1.807, 2.05) is 43.3 Å². The van der Waals surface area contributed by atoms with Crippen LogP contribution in [0.1, 0.15) is 49.0 Å². The van der Waals surface area contributed by atoms with Gasteiger partial charge in [0, 0.05) is 24.2 Å². The summed E-state index contributed by atoms with van der Waals surface area (Å²) in [7, 11) is 1.69. The van der Waals surface area contributed by atoms with Crippen molar-refractivity contribution in [2.24, 2.45) is 0 Å². The lowest BCUT2D eigenvalue weighted by molar-refractivity contribution is -0.145. The summed E-state index contributed by atoms with van der Waals surface area (Å²) in [6.07, 6.45) is 0.215. The molecule has 0 spiro atoms. The average Bonchev–Trinajstić information content (AvgIpc) is 2.96. The summed E-state index contributed by atoms with van der Waals surface area (Å²) in [6.45, 7) is 5.06. The number of carbonyl (C=O) groups is 1. The zero-order valence-electron chi connectivity index (χ0n) is 21.8. The largest absolute Gasteiger partial charge is 0.496 e. The van der Waals surface area contributed by atoms with Crippen molar-refractivity contribution in [1.29, 1.82) is 0 Å². The molecule has 1 unspecified atom stereocenters. The van der Waals surface area contributed by atoms with Gasteiger partial charge in [-0.1, -0.05) is 97.1 Å². The van der Waals surface area contributed by atoms with Crippen LogP contribution in [0.25, 0.3) is 11.1 Å². The van der Waals surface area contributed by atoms with Crippen LogP contribution in [0.2, 0.25) is 0 Å². The Bertz CT molecular complexity index is 1260. The highest BCUT2D eigenvalue weighted by Gasteiger charge is 2.31. The molecule has 0 aliphatic heterocycles. The molecule has 4 aromatic carbocycles. The molecule has 0 bridgehead atoms. The molecule has 0 heterocycles. The van der Waals surface area contributed by atoms with Gasteiger partial charge >= 0.3 is 5.97 Å². The summed E-state index contributed by atoms with van der Waals surface area (Å²) in [6, 6.07) is 37.1. The fraction of sp³-hybridized carbons (Fsp3) is 0.242. The predicted octanol–water partition coefficient (Wildman–Crippen LogP) is 7.62. The van der Waals surface area contributed by atoms with Gasteiger partial charge in [-0.3, -0.25) is 9.69 Å². The third-order valence-electron chi connectivity index (χ3n) is 6.75. The lowest BCUT2D eigenvalue weighted by atomic mass is 9.93. The van der Waals surface area contributed by atoms with Crippen molar-refractivity contribution in [3.8, 4) is 16.9 Å². The number of hydrogen-bond donors (Lipinski definition) is 0. The summed E-state index contributed by atoms with van der Waals surface area (Å²) in [5.41, 5.74) is 5.53. The van der Waals surface area contributed by atoms with Gasteiger partial charge in [0.15, 0.2) is 0 Å². The Morgan fingerprint density at radius 1 is 0.811 bits per heavy atom. The van der Waals surface area contributed by atoms with Crippen molar-refractivity contribution < 1.29 is 14.3 Å². The molecule has 0 aliphatic rings. The van der Waals surface area contributed by atoms with Crippen LogP contribution in [-0.2, 0) is 16.1 Å². The summed E-state index contributed by atoms with van der Waals surface area (Å²) >= 11 is 0. The Balaban J connectivity index is 1.85. The van der Waals surface area contributed by atoms with Gasteiger partial charge in [-0.15, -0.1) is 0 Å². The summed E-state index contributed by atoms with van der Waals surface area (Å²) in [4.78, 5) is 15.4. The minimum Gasteiger partial charge on any atom is -0.496 e. The van der Waals surface area contributed by atoms with Crippen molar-refractivity contribution >= 4 is 5.97 Å². The molecule has 0 N–H and O–H groups in total. The van der Waals surface area contributed by atoms with Crippen molar-refractivity contribution in [3.63, 3.8) is 0 Å². The third-order valence-corrected chi connectivity index (χ3v) is 6.75. The number of hydrogen-bond acceptors (Lipinski definition) is 4. The van der Waals surface area contributed by atoms with Crippen LogP contribution in [0.4, 0.5) is 0 Å². The number of methoxy groups -OCH3 is 1. The van der Waals surface area contributed by atoms with Crippen LogP contribution in [0, 0.1) is 0 Å². The molecule has 190 valence electrons. The number of esters is 1. The van der Waals surface area contributed by atoms with Crippen LogP contribution >= 0.6 is 0 Å². The first-order chi connectivity index (χ1) is 18.1. The second-order valence-corrected chi connectivity index (χ2v) is 9.09. The van der Waals surface area contributed by atoms with Crippen molar-refractivity contribution in [3.05, 3.63) is 126 Å². The average molecular weight is 494 g/mol. The molecule has 0 saturated carbocycles. The molecule has 0 amide bonds. The summed E-state index contributed by atoms with van der Waals surface area (Å²) < 4.78 is 11.3. The van der Waals surface area contributed by atoms with Crippen LogP contribution in [0.3, 0.4) is 0 Å². The van der Waals surface area contributed by atoms with Gasteiger partial charge in [-0.2, -0.15) is 0 Å². The smallest absolute Gasteiger partial charge is 0.307 e. The summed E-state index contributed by atoms with van der Waals surface area (Å²) in [5, 5.41) is 0. The fourth-order valence-corrected chi connectivity index (χ4v) is 4.82. The molecular formula is C33H35NO3. The van der Waals surface area contributed by atoms with Crippen LogP contribution in [-0.4, -0.2) is 24.6 Å². The molecule has 2 atom stereocenters. The van der Waals surface area contributed by atoms with Crippen LogP contribution < -0.4 is 4.74 Å². The molecule has 0 radical (unpaired) electrons. The quantitative estimate of drug-likeness (QED) is 0.201. The van der Waals surface area contributed by atoms with E-state index in [4.69, 9.17) is 9.47 Å². The van der Waals surface area contributed by atoms with Crippen molar-refractivity contribution in [2.45, 2.75) is 38.9 Å². The zero-order chi connectivity index (χ0) is 26.0. The highest BCUT2D eigenvalue weighted by Crippen LogP contribution is 2.40. The maximum Gasteiger partial charge on any atom is 0.307 e. The molecule has 0 aliphatic carbocycles. The normalized spacial score (nSPS) is 12.6. The first-order valence-corrected chi connectivity index (χ1v) is 12.8. The van der Waals surface area contributed by atoms with E-state index in [0.29, 0.717) is 13.2 Å². The second-order valence-electron chi connectivity index (χ2n) is 9.09. The van der Waals surface area contributed by atoms with Gasteiger partial charge < -0.3 is 9.47 Å². The molecule has 4 aromatic rings. The van der Waals surface area contributed by atoms with E-state index in [1.54, 1.807) is 7.11 Å². The van der Waals surface area contributed by atoms with Gasteiger partial charge in [-0.05, 0) is 48.2 Å². The van der Waals surface area contributed by atoms with E-state index < -0.39 is 0 Å². The number of carbonyl (C=O) groups excluding carboxylic acids is 1. The van der Waals surface area contributed by atoms with Gasteiger partial charge in [0.2, 0.25) is 0 Å². The maximum atomic E-state index is 13.0. The number of nitrogens with zero attached hydrogens (tertiary/aromatic N) is 1. The second kappa shape index (κ2) is 12.9. The molecule has 4 nitrogen and oxygen atoms in total. The summed E-state index contributed by atoms with van der Waals surface area (Å²) in [5.74, 6) is 0.533. The van der Waals surface area contributed by atoms with E-state index in [2.05, 4.69) is 84.6 Å². The lowest BCUT2D eigenvalue weighted by Crippen LogP contribution is -2.33. The van der Waals surface area contributed by atoms with E-state index >= 15 is 0 Å². The molecule has 4 rings (SSSR count). The standard InChI is InChI=1S/C33H35NO3/c1-4-37-33(35)23-31(30-22-29(20-21-32(30)36-3)28-18-12-7-13-19-28)34(24-26-14-8-5-9-15-26)25(2)27-16-10-6-11-17-27/h5-22,25,31H,4,23-24H2,1-3H3/t25-,31?/m1/s1. The van der Waals surface area contributed by atoms with Crippen molar-refractivity contribution in [1.82, 2.24) is 4.90 Å². The SMILES string of the molecule is CCOC(=O)CC(c1cc(-c2ccccc2)ccc1OC)N(Cc1ccccc1)[C@H](C)c1ccccc1. The Morgan fingerprint density at radius 3 is 2.05 bits per heavy atom. The van der Waals surface area contributed by atoms with Gasteiger partial charge in [0.05, 0.1) is 20.1 Å². The molecule has 0 fully saturated rings. The maximum absolute atomic E-state index is 13.0. The Morgan fingerprint density at radius 2 is 1.43 bits per heavy atom. The van der Waals surface area contributed by atoms with E-state index in [-0.39, 0.29) is 24.5 Å². The van der Waals surface area contributed by atoms with E-state index in [0.717, 1.165) is 22.4 Å². The van der Waals surface area contributed by atoms with E-state index in [9.17, 15) is 4.79 Å². The van der Waals surface area contributed by atoms with Gasteiger partial charge in [0.25, 0.3) is 0 Å². The lowest BCUT2D eigenvalue weighted by Gasteiger charge is -2.37.